The van der Waals surface area contributed by atoms with Crippen LogP contribution in [0, 0.1) is 23.6 Å². The largest absolute Gasteiger partial charge is 0.515 e. The highest BCUT2D eigenvalue weighted by Crippen LogP contribution is 1.91. The highest BCUT2D eigenvalue weighted by atomic mass is 15.0. The smallest absolute Gasteiger partial charge is 0.0209 e. The van der Waals surface area contributed by atoms with Gasteiger partial charge in [-0.1, -0.05) is 19.3 Å². The van der Waals surface area contributed by atoms with Crippen LogP contribution in [0.1, 0.15) is 19.8 Å². The van der Waals surface area contributed by atoms with Crippen LogP contribution in [0.2, 0.25) is 0 Å². The standard InChI is InChI=1S/C8H12BN2/c1-3-5-7-11(6-4-2)9-8-10/h2H,3,5-7H2,1H3/q-1. The predicted octanol–water partition coefficient (Wildman–Crippen LogP) is 0.822. The molecule has 0 unspecified atom stereocenters. The van der Waals surface area contributed by atoms with Crippen molar-refractivity contribution in [2.75, 3.05) is 13.1 Å². The second kappa shape index (κ2) is 7.19. The maximum Gasteiger partial charge on any atom is 0.0209 e. The Kier molecular flexibility index (Phi) is 6.58. The van der Waals surface area contributed by atoms with Crippen molar-refractivity contribution >= 4 is 7.41 Å². The van der Waals surface area contributed by atoms with E-state index in [4.69, 9.17) is 11.7 Å². The zero-order chi connectivity index (χ0) is 8.53. The van der Waals surface area contributed by atoms with Gasteiger partial charge < -0.3 is 4.81 Å². The van der Waals surface area contributed by atoms with Gasteiger partial charge in [0.2, 0.25) is 0 Å². The molecule has 0 atom stereocenters. The van der Waals surface area contributed by atoms with E-state index in [9.17, 15) is 0 Å². The van der Waals surface area contributed by atoms with Crippen LogP contribution in [0.3, 0.4) is 0 Å². The first-order valence-corrected chi connectivity index (χ1v) is 3.75. The number of nitrogens with zero attached hydrogens (tertiary/aromatic N) is 2. The normalized spacial score (nSPS) is 9.09. The Hall–Kier alpha value is -0.925. The van der Waals surface area contributed by atoms with Crippen LogP contribution >= 0.6 is 0 Å². The van der Waals surface area contributed by atoms with Crippen molar-refractivity contribution in [3.05, 3.63) is 0 Å². The number of terminal acetylenes is 1. The molecule has 0 aliphatic carbocycles. The van der Waals surface area contributed by atoms with Crippen molar-refractivity contribution in [3.8, 4) is 18.3 Å². The van der Waals surface area contributed by atoms with Crippen LogP contribution in [-0.2, 0) is 0 Å². The maximum absolute atomic E-state index is 8.35. The fraction of sp³-hybridized carbons (Fsp3) is 0.625. The molecule has 0 aliphatic heterocycles. The summed E-state index contributed by atoms with van der Waals surface area (Å²) < 4.78 is 0. The zero-order valence-corrected chi connectivity index (χ0v) is 6.88. The molecule has 0 fully saturated rings. The van der Waals surface area contributed by atoms with Gasteiger partial charge in [-0.3, -0.25) is 5.26 Å². The molecular formula is C8H12BN2-. The molecule has 0 N–H and O–H groups in total. The molecule has 0 heterocycles. The van der Waals surface area contributed by atoms with Gasteiger partial charge in [0, 0.05) is 6.54 Å². The van der Waals surface area contributed by atoms with Gasteiger partial charge >= 0.3 is 0 Å². The molecule has 2 nitrogen and oxygen atoms in total. The van der Waals surface area contributed by atoms with Crippen molar-refractivity contribution in [2.45, 2.75) is 19.8 Å². The lowest BCUT2D eigenvalue weighted by molar-refractivity contribution is 0.482. The van der Waals surface area contributed by atoms with Crippen molar-refractivity contribution in [3.63, 3.8) is 0 Å². The van der Waals surface area contributed by atoms with E-state index in [-0.39, 0.29) is 0 Å². The summed E-state index contributed by atoms with van der Waals surface area (Å²) in [7, 11) is 1.48. The molecule has 2 radical (unpaired) electrons. The molecule has 0 aromatic carbocycles. The summed E-state index contributed by atoms with van der Waals surface area (Å²) in [5, 5.41) is 8.35. The van der Waals surface area contributed by atoms with Gasteiger partial charge in [0.1, 0.15) is 0 Å². The number of nitriles is 1. The topological polar surface area (TPSA) is 27.0 Å². The fourth-order valence-electron chi connectivity index (χ4n) is 0.749. The molecule has 3 heteroatoms. The highest BCUT2D eigenvalue weighted by Gasteiger charge is 1.88. The molecule has 0 rings (SSSR count). The van der Waals surface area contributed by atoms with Crippen LogP contribution in [0.15, 0.2) is 0 Å². The number of rotatable bonds is 5. The molecule has 0 aromatic heterocycles. The predicted molar refractivity (Wildman–Crippen MR) is 46.7 cm³/mol. The molecule has 0 saturated carbocycles. The van der Waals surface area contributed by atoms with E-state index in [0.717, 1.165) is 19.4 Å². The Balaban J connectivity index is 3.54. The molecule has 58 valence electrons. The minimum Gasteiger partial charge on any atom is -0.515 e. The molecule has 0 aromatic rings. The van der Waals surface area contributed by atoms with Crippen LogP contribution in [0.5, 0.6) is 0 Å². The van der Waals surface area contributed by atoms with Crippen molar-refractivity contribution < 1.29 is 0 Å². The first kappa shape index (κ1) is 10.1. The zero-order valence-electron chi connectivity index (χ0n) is 6.88. The van der Waals surface area contributed by atoms with E-state index in [1.54, 1.807) is 0 Å². The Morgan fingerprint density at radius 3 is 2.82 bits per heavy atom. The Labute approximate surface area is 69.5 Å². The van der Waals surface area contributed by atoms with Crippen molar-refractivity contribution in [1.29, 1.82) is 5.26 Å². The van der Waals surface area contributed by atoms with E-state index in [0.29, 0.717) is 6.54 Å². The number of unbranched alkanes of at least 4 members (excludes halogenated alkanes) is 1. The van der Waals surface area contributed by atoms with Crippen LogP contribution < -0.4 is 0 Å². The number of hydrogen-bond donors (Lipinski definition) is 0. The van der Waals surface area contributed by atoms with Gasteiger partial charge in [-0.05, 0) is 13.0 Å². The fourth-order valence-corrected chi connectivity index (χ4v) is 0.749. The Morgan fingerprint density at radius 2 is 2.36 bits per heavy atom. The van der Waals surface area contributed by atoms with Crippen LogP contribution in [-0.4, -0.2) is 25.3 Å². The molecule has 0 amide bonds. The van der Waals surface area contributed by atoms with Crippen LogP contribution in [0.25, 0.3) is 0 Å². The van der Waals surface area contributed by atoms with Gasteiger partial charge in [-0.15, -0.1) is 13.8 Å². The third kappa shape index (κ3) is 5.52. The molecule has 0 saturated heterocycles. The monoisotopic (exact) mass is 147 g/mol. The summed E-state index contributed by atoms with van der Waals surface area (Å²) in [6.07, 6.45) is 7.32. The van der Waals surface area contributed by atoms with Crippen LogP contribution in [0.4, 0.5) is 0 Å². The first-order chi connectivity index (χ1) is 5.35. The Morgan fingerprint density at radius 1 is 1.64 bits per heavy atom. The second-order valence-corrected chi connectivity index (χ2v) is 2.29. The highest BCUT2D eigenvalue weighted by molar-refractivity contribution is 6.41. The summed E-state index contributed by atoms with van der Waals surface area (Å²) in [5.41, 5.74) is 0. The molecule has 11 heavy (non-hydrogen) atoms. The maximum atomic E-state index is 8.35. The van der Waals surface area contributed by atoms with Gasteiger partial charge in [0.25, 0.3) is 0 Å². The third-order valence-corrected chi connectivity index (χ3v) is 1.33. The SMILES string of the molecule is C#CCN([B-]C#N)CCCC. The average molecular weight is 147 g/mol. The molecular weight excluding hydrogens is 135 g/mol. The van der Waals surface area contributed by atoms with E-state index < -0.39 is 0 Å². The van der Waals surface area contributed by atoms with E-state index in [1.807, 2.05) is 10.8 Å². The lowest BCUT2D eigenvalue weighted by atomic mass is 9.94. The summed E-state index contributed by atoms with van der Waals surface area (Å²) in [4.78, 5) is 1.85. The average Bonchev–Trinajstić information content (AvgIpc) is 2.01. The minimum atomic E-state index is 0.535. The summed E-state index contributed by atoms with van der Waals surface area (Å²) >= 11 is 0. The van der Waals surface area contributed by atoms with E-state index >= 15 is 0 Å². The summed E-state index contributed by atoms with van der Waals surface area (Å²) in [6, 6.07) is 0. The van der Waals surface area contributed by atoms with E-state index in [1.165, 1.54) is 7.41 Å². The summed E-state index contributed by atoms with van der Waals surface area (Å²) in [6.45, 7) is 3.53. The molecule has 0 bridgehead atoms. The minimum absolute atomic E-state index is 0.535. The van der Waals surface area contributed by atoms with Gasteiger partial charge in [0.15, 0.2) is 0 Å². The third-order valence-electron chi connectivity index (χ3n) is 1.33. The quantitative estimate of drug-likeness (QED) is 0.425. The van der Waals surface area contributed by atoms with Gasteiger partial charge in [-0.2, -0.15) is 0 Å². The van der Waals surface area contributed by atoms with Gasteiger partial charge in [-0.25, -0.2) is 5.97 Å². The van der Waals surface area contributed by atoms with Gasteiger partial charge in [0.05, 0.1) is 0 Å². The molecule has 0 spiro atoms. The lowest BCUT2D eigenvalue weighted by Gasteiger charge is -2.28. The summed E-state index contributed by atoms with van der Waals surface area (Å²) in [5.74, 6) is 4.47. The van der Waals surface area contributed by atoms with E-state index in [2.05, 4.69) is 12.8 Å². The van der Waals surface area contributed by atoms with Crippen molar-refractivity contribution in [1.82, 2.24) is 4.81 Å². The Bertz CT molecular complexity index is 150. The first-order valence-electron chi connectivity index (χ1n) is 3.75. The second-order valence-electron chi connectivity index (χ2n) is 2.29. The van der Waals surface area contributed by atoms with Crippen molar-refractivity contribution in [2.24, 2.45) is 0 Å². The lowest BCUT2D eigenvalue weighted by Crippen LogP contribution is -2.28. The molecule has 0 aliphatic rings. The number of hydrogen-bond acceptors (Lipinski definition) is 2.